The van der Waals surface area contributed by atoms with Gasteiger partial charge in [0.15, 0.2) is 0 Å². The summed E-state index contributed by atoms with van der Waals surface area (Å²) >= 11 is 0. The topological polar surface area (TPSA) is 72.9 Å². The first-order valence-electron chi connectivity index (χ1n) is 6.17. The maximum absolute atomic E-state index is 12.0. The van der Waals surface area contributed by atoms with Crippen molar-refractivity contribution in [1.29, 1.82) is 0 Å². The van der Waals surface area contributed by atoms with E-state index in [1.54, 1.807) is 6.20 Å². The van der Waals surface area contributed by atoms with E-state index in [0.29, 0.717) is 6.54 Å². The molecular weight excluding hydrogens is 287 g/mol. The summed E-state index contributed by atoms with van der Waals surface area (Å²) in [5.41, 5.74) is 5.45. The summed E-state index contributed by atoms with van der Waals surface area (Å²) in [7, 11) is 0. The molecule has 1 fully saturated rings. The molecule has 0 bridgehead atoms. The highest BCUT2D eigenvalue weighted by molar-refractivity contribution is 5.86. The van der Waals surface area contributed by atoms with Crippen molar-refractivity contribution in [1.82, 2.24) is 15.1 Å². The van der Waals surface area contributed by atoms with E-state index < -0.39 is 5.54 Å². The molecule has 0 aliphatic heterocycles. The number of nitrogens with zero attached hydrogens (tertiary/aromatic N) is 2. The summed E-state index contributed by atoms with van der Waals surface area (Å²) in [5.74, 6) is -0.0188. The van der Waals surface area contributed by atoms with Crippen LogP contribution in [-0.4, -0.2) is 27.3 Å². The lowest BCUT2D eigenvalue weighted by atomic mass is 9.98. The number of carbonyl (C=O) groups is 1. The third-order valence-corrected chi connectivity index (χ3v) is 3.35. The summed E-state index contributed by atoms with van der Waals surface area (Å²) in [6.45, 7) is 2.65. The van der Waals surface area contributed by atoms with Gasteiger partial charge in [-0.1, -0.05) is 12.8 Å². The predicted octanol–water partition coefficient (Wildman–Crippen LogP) is 1.50. The Hall–Kier alpha value is -0.780. The molecule has 0 aromatic carbocycles. The molecule has 1 aliphatic rings. The van der Waals surface area contributed by atoms with Gasteiger partial charge in [-0.3, -0.25) is 9.48 Å². The summed E-state index contributed by atoms with van der Waals surface area (Å²) in [4.78, 5) is 12.0. The molecule has 5 nitrogen and oxygen atoms in total. The Balaban J connectivity index is 0.00000162. The smallest absolute Gasteiger partial charge is 0.240 e. The van der Waals surface area contributed by atoms with Crippen molar-refractivity contribution in [2.45, 2.75) is 50.7 Å². The Morgan fingerprint density at radius 3 is 2.63 bits per heavy atom. The zero-order valence-corrected chi connectivity index (χ0v) is 12.7. The number of nitrogens with one attached hydrogen (secondary N) is 1. The van der Waals surface area contributed by atoms with Gasteiger partial charge < -0.3 is 11.1 Å². The van der Waals surface area contributed by atoms with Crippen molar-refractivity contribution in [2.24, 2.45) is 5.73 Å². The zero-order valence-electron chi connectivity index (χ0n) is 11.0. The molecule has 7 heteroatoms. The average molecular weight is 309 g/mol. The highest BCUT2D eigenvalue weighted by Crippen LogP contribution is 2.27. The summed E-state index contributed by atoms with van der Waals surface area (Å²) in [6.07, 6.45) is 7.32. The number of aromatic nitrogens is 2. The van der Waals surface area contributed by atoms with Gasteiger partial charge in [-0.2, -0.15) is 5.10 Å². The fourth-order valence-electron chi connectivity index (χ4n) is 2.34. The van der Waals surface area contributed by atoms with Gasteiger partial charge in [0.25, 0.3) is 0 Å². The Morgan fingerprint density at radius 1 is 1.47 bits per heavy atom. The Labute approximate surface area is 126 Å². The summed E-state index contributed by atoms with van der Waals surface area (Å²) in [5, 5.41) is 7.09. The van der Waals surface area contributed by atoms with Crippen LogP contribution in [0.15, 0.2) is 18.5 Å². The lowest BCUT2D eigenvalue weighted by Gasteiger charge is -2.25. The van der Waals surface area contributed by atoms with Crippen LogP contribution < -0.4 is 11.1 Å². The van der Waals surface area contributed by atoms with Crippen molar-refractivity contribution >= 4 is 30.7 Å². The van der Waals surface area contributed by atoms with Gasteiger partial charge in [0.05, 0.1) is 12.1 Å². The normalized spacial score (nSPS) is 18.0. The molecule has 1 amide bonds. The molecule has 1 aromatic heterocycles. The zero-order chi connectivity index (χ0) is 12.3. The standard InChI is InChI=1S/C12H20N4O.2ClH/c1-10(9-16-8-4-7-14-16)15-11(17)12(13)5-2-3-6-12;;/h4,7-8,10H,2-3,5-6,9,13H2,1H3,(H,15,17);2*1H. The molecule has 0 saturated heterocycles. The van der Waals surface area contributed by atoms with E-state index >= 15 is 0 Å². The number of nitrogens with two attached hydrogens (primary N) is 1. The maximum atomic E-state index is 12.0. The molecule has 1 heterocycles. The molecule has 1 saturated carbocycles. The van der Waals surface area contributed by atoms with Gasteiger partial charge in [0, 0.05) is 18.4 Å². The minimum Gasteiger partial charge on any atom is -0.350 e. The molecule has 1 aromatic rings. The van der Waals surface area contributed by atoms with Gasteiger partial charge in [0.2, 0.25) is 5.91 Å². The van der Waals surface area contributed by atoms with Gasteiger partial charge in [0.1, 0.15) is 0 Å². The van der Waals surface area contributed by atoms with Crippen LogP contribution in [0.3, 0.4) is 0 Å². The van der Waals surface area contributed by atoms with Gasteiger partial charge in [-0.05, 0) is 25.8 Å². The molecule has 1 atom stereocenters. The van der Waals surface area contributed by atoms with E-state index in [0.717, 1.165) is 25.7 Å². The predicted molar refractivity (Wildman–Crippen MR) is 79.7 cm³/mol. The van der Waals surface area contributed by atoms with E-state index in [2.05, 4.69) is 10.4 Å². The first-order valence-corrected chi connectivity index (χ1v) is 6.17. The number of amides is 1. The Morgan fingerprint density at radius 2 is 2.11 bits per heavy atom. The first-order chi connectivity index (χ1) is 8.10. The highest BCUT2D eigenvalue weighted by Gasteiger charge is 2.37. The quantitative estimate of drug-likeness (QED) is 0.885. The monoisotopic (exact) mass is 308 g/mol. The fraction of sp³-hybridized carbons (Fsp3) is 0.667. The SMILES string of the molecule is CC(Cn1cccn1)NC(=O)C1(N)CCCC1.Cl.Cl. The van der Waals surface area contributed by atoms with Crippen LogP contribution in [0, 0.1) is 0 Å². The van der Waals surface area contributed by atoms with Crippen LogP contribution in [0.2, 0.25) is 0 Å². The highest BCUT2D eigenvalue weighted by atomic mass is 35.5. The minimum atomic E-state index is -0.640. The van der Waals surface area contributed by atoms with Crippen LogP contribution in [0.25, 0.3) is 0 Å². The molecule has 2 rings (SSSR count). The van der Waals surface area contributed by atoms with E-state index in [4.69, 9.17) is 5.73 Å². The maximum Gasteiger partial charge on any atom is 0.240 e. The molecule has 0 radical (unpaired) electrons. The molecule has 0 spiro atoms. The van der Waals surface area contributed by atoms with Crippen molar-refractivity contribution in [3.8, 4) is 0 Å². The minimum absolute atomic E-state index is 0. The van der Waals surface area contributed by atoms with E-state index in [-0.39, 0.29) is 36.8 Å². The number of carbonyl (C=O) groups excluding carboxylic acids is 1. The van der Waals surface area contributed by atoms with Crippen molar-refractivity contribution in [2.75, 3.05) is 0 Å². The van der Waals surface area contributed by atoms with Crippen LogP contribution >= 0.6 is 24.8 Å². The van der Waals surface area contributed by atoms with Crippen LogP contribution in [0.5, 0.6) is 0 Å². The van der Waals surface area contributed by atoms with Crippen LogP contribution in [0.4, 0.5) is 0 Å². The third-order valence-electron chi connectivity index (χ3n) is 3.35. The molecule has 1 unspecified atom stereocenters. The number of halogens is 2. The van der Waals surface area contributed by atoms with E-state index in [1.807, 2.05) is 23.9 Å². The molecule has 1 aliphatic carbocycles. The van der Waals surface area contributed by atoms with Gasteiger partial charge in [-0.15, -0.1) is 24.8 Å². The lowest BCUT2D eigenvalue weighted by molar-refractivity contribution is -0.126. The molecule has 3 N–H and O–H groups in total. The second-order valence-electron chi connectivity index (χ2n) is 4.97. The second kappa shape index (κ2) is 7.72. The fourth-order valence-corrected chi connectivity index (χ4v) is 2.34. The van der Waals surface area contributed by atoms with Crippen molar-refractivity contribution < 1.29 is 4.79 Å². The van der Waals surface area contributed by atoms with Crippen LogP contribution in [0.1, 0.15) is 32.6 Å². The van der Waals surface area contributed by atoms with Gasteiger partial charge in [-0.25, -0.2) is 0 Å². The van der Waals surface area contributed by atoms with Crippen LogP contribution in [-0.2, 0) is 11.3 Å². The lowest BCUT2D eigenvalue weighted by Crippen LogP contribution is -2.54. The molecule has 19 heavy (non-hydrogen) atoms. The second-order valence-corrected chi connectivity index (χ2v) is 4.97. The Bertz CT molecular complexity index is 377. The summed E-state index contributed by atoms with van der Waals surface area (Å²) < 4.78 is 1.81. The van der Waals surface area contributed by atoms with Crippen molar-refractivity contribution in [3.63, 3.8) is 0 Å². The van der Waals surface area contributed by atoms with Gasteiger partial charge >= 0.3 is 0 Å². The number of hydrogen-bond acceptors (Lipinski definition) is 3. The van der Waals surface area contributed by atoms with Crippen molar-refractivity contribution in [3.05, 3.63) is 18.5 Å². The molecular formula is C12H22Cl2N4O. The average Bonchev–Trinajstić information content (AvgIpc) is 2.90. The van der Waals surface area contributed by atoms with E-state index in [9.17, 15) is 4.79 Å². The summed E-state index contributed by atoms with van der Waals surface area (Å²) in [6, 6.07) is 1.92. The molecule has 110 valence electrons. The largest absolute Gasteiger partial charge is 0.350 e. The first kappa shape index (κ1) is 18.2. The third kappa shape index (κ3) is 4.67. The Kier molecular flexibility index (Phi) is 7.41. The van der Waals surface area contributed by atoms with E-state index in [1.165, 1.54) is 0 Å². The number of rotatable bonds is 4. The number of hydrogen-bond donors (Lipinski definition) is 2.